The molecule has 9 heteroatoms. The fourth-order valence-electron chi connectivity index (χ4n) is 2.23. The van der Waals surface area contributed by atoms with Gasteiger partial charge in [-0.1, -0.05) is 0 Å². The first-order chi connectivity index (χ1) is 13.1. The van der Waals surface area contributed by atoms with E-state index in [4.69, 9.17) is 14.3 Å². The number of aromatic nitrogens is 2. The van der Waals surface area contributed by atoms with E-state index in [0.717, 1.165) is 5.56 Å². The van der Waals surface area contributed by atoms with Gasteiger partial charge in [0.1, 0.15) is 17.9 Å². The molecule has 3 aromatic rings. The second-order valence-electron chi connectivity index (χ2n) is 5.57. The minimum Gasteiger partial charge on any atom is -0.489 e. The van der Waals surface area contributed by atoms with E-state index in [1.807, 2.05) is 12.1 Å². The van der Waals surface area contributed by atoms with Gasteiger partial charge >= 0.3 is 6.09 Å². The average Bonchev–Trinajstić information content (AvgIpc) is 3.09. The van der Waals surface area contributed by atoms with Gasteiger partial charge in [-0.05, 0) is 29.8 Å². The fourth-order valence-corrected chi connectivity index (χ4v) is 2.23. The van der Waals surface area contributed by atoms with Crippen molar-refractivity contribution in [1.29, 1.82) is 0 Å². The third-order valence-corrected chi connectivity index (χ3v) is 3.60. The van der Waals surface area contributed by atoms with Crippen molar-refractivity contribution in [1.82, 2.24) is 15.3 Å². The van der Waals surface area contributed by atoms with E-state index >= 15 is 0 Å². The topological polar surface area (TPSA) is 110 Å². The van der Waals surface area contributed by atoms with Crippen molar-refractivity contribution in [3.8, 4) is 5.75 Å². The van der Waals surface area contributed by atoms with E-state index in [-0.39, 0.29) is 18.7 Å². The zero-order chi connectivity index (χ0) is 19.1. The van der Waals surface area contributed by atoms with E-state index in [1.165, 1.54) is 0 Å². The zero-order valence-corrected chi connectivity index (χ0v) is 14.2. The number of nitrogens with zero attached hydrogens (tertiary/aromatic N) is 2. The number of halogens is 1. The molecule has 1 aromatic carbocycles. The molecule has 0 spiro atoms. The number of rotatable bonds is 8. The summed E-state index contributed by atoms with van der Waals surface area (Å²) in [7, 11) is 0. The van der Waals surface area contributed by atoms with Gasteiger partial charge in [0.25, 0.3) is 6.01 Å². The van der Waals surface area contributed by atoms with Crippen LogP contribution in [0.25, 0.3) is 11.1 Å². The first kappa shape index (κ1) is 18.2. The zero-order valence-electron chi connectivity index (χ0n) is 14.2. The third-order valence-electron chi connectivity index (χ3n) is 3.60. The van der Waals surface area contributed by atoms with Crippen molar-refractivity contribution in [2.75, 3.05) is 18.5 Å². The summed E-state index contributed by atoms with van der Waals surface area (Å²) in [6.07, 6.45) is 2.51. The summed E-state index contributed by atoms with van der Waals surface area (Å²) >= 11 is 0. The number of fused-ring (bicyclic) bond motifs is 1. The van der Waals surface area contributed by atoms with Crippen LogP contribution in [0.15, 0.2) is 59.0 Å². The van der Waals surface area contributed by atoms with Gasteiger partial charge < -0.3 is 24.9 Å². The number of carbonyl (C=O) groups is 1. The van der Waals surface area contributed by atoms with Gasteiger partial charge in [0.2, 0.25) is 0 Å². The molecule has 0 aliphatic heterocycles. The Hall–Kier alpha value is -3.62. The molecular weight excluding hydrogens is 355 g/mol. The Labute approximate surface area is 153 Å². The maximum Gasteiger partial charge on any atom is 0.404 e. The van der Waals surface area contributed by atoms with Crippen LogP contribution in [0, 0.1) is 0 Å². The van der Waals surface area contributed by atoms with Crippen LogP contribution in [0.3, 0.4) is 0 Å². The number of nitrogens with one attached hydrogen (secondary N) is 2. The SMILES string of the molecule is O=C(O)NC/C(=C\F)COc1ccc2nc(NCc3ccncc3)oc2c1. The predicted molar refractivity (Wildman–Crippen MR) is 96.3 cm³/mol. The Kier molecular flexibility index (Phi) is 5.83. The second kappa shape index (κ2) is 8.65. The molecule has 2 aromatic heterocycles. The van der Waals surface area contributed by atoms with E-state index in [1.54, 1.807) is 30.6 Å². The van der Waals surface area contributed by atoms with Crippen molar-refractivity contribution in [2.45, 2.75) is 6.54 Å². The van der Waals surface area contributed by atoms with Crippen LogP contribution < -0.4 is 15.4 Å². The third kappa shape index (κ3) is 5.18. The van der Waals surface area contributed by atoms with E-state index in [0.29, 0.717) is 35.7 Å². The second-order valence-corrected chi connectivity index (χ2v) is 5.57. The van der Waals surface area contributed by atoms with Gasteiger partial charge in [-0.3, -0.25) is 4.98 Å². The normalized spacial score (nSPS) is 11.4. The van der Waals surface area contributed by atoms with Crippen LogP contribution in [0.4, 0.5) is 15.2 Å². The smallest absolute Gasteiger partial charge is 0.404 e. The predicted octanol–water partition coefficient (Wildman–Crippen LogP) is 3.33. The Morgan fingerprint density at radius 2 is 2.11 bits per heavy atom. The van der Waals surface area contributed by atoms with Crippen molar-refractivity contribution in [3.05, 3.63) is 60.2 Å². The molecule has 0 aliphatic carbocycles. The maximum absolute atomic E-state index is 12.8. The molecule has 0 radical (unpaired) electrons. The Balaban J connectivity index is 1.60. The summed E-state index contributed by atoms with van der Waals surface area (Å²) in [5, 5.41) is 13.7. The van der Waals surface area contributed by atoms with Gasteiger partial charge in [-0.15, -0.1) is 0 Å². The van der Waals surface area contributed by atoms with Gasteiger partial charge in [0.05, 0.1) is 6.33 Å². The summed E-state index contributed by atoms with van der Waals surface area (Å²) < 4.78 is 23.9. The molecule has 0 saturated carbocycles. The van der Waals surface area contributed by atoms with E-state index < -0.39 is 6.09 Å². The number of benzene rings is 1. The van der Waals surface area contributed by atoms with Crippen molar-refractivity contribution in [3.63, 3.8) is 0 Å². The molecule has 0 unspecified atom stereocenters. The molecule has 0 bridgehead atoms. The number of anilines is 1. The molecule has 8 nitrogen and oxygen atoms in total. The average molecular weight is 372 g/mol. The highest BCUT2D eigenvalue weighted by Crippen LogP contribution is 2.24. The molecule has 2 heterocycles. The molecule has 3 N–H and O–H groups in total. The number of oxazole rings is 1. The molecule has 3 rings (SSSR count). The highest BCUT2D eigenvalue weighted by Gasteiger charge is 2.08. The number of hydrogen-bond donors (Lipinski definition) is 3. The number of hydrogen-bond acceptors (Lipinski definition) is 6. The van der Waals surface area contributed by atoms with Crippen LogP contribution in [-0.4, -0.2) is 34.3 Å². The lowest BCUT2D eigenvalue weighted by Crippen LogP contribution is -2.25. The lowest BCUT2D eigenvalue weighted by Gasteiger charge is -2.08. The first-order valence-electron chi connectivity index (χ1n) is 8.05. The molecule has 27 heavy (non-hydrogen) atoms. The number of carboxylic acid groups (broad SMARTS) is 1. The standard InChI is InChI=1S/C18H17FN4O4/c19-8-13(10-22-18(24)25)11-26-14-1-2-15-16(7-14)27-17(23-15)21-9-12-3-5-20-6-4-12/h1-8,22H,9-11H2,(H,21,23)(H,24,25)/b13-8+. The fraction of sp³-hybridized carbons (Fsp3) is 0.167. The lowest BCUT2D eigenvalue weighted by atomic mass is 10.3. The number of ether oxygens (including phenoxy) is 1. The monoisotopic (exact) mass is 372 g/mol. The van der Waals surface area contributed by atoms with Crippen molar-refractivity contribution < 1.29 is 23.4 Å². The minimum absolute atomic E-state index is 0.0937. The summed E-state index contributed by atoms with van der Waals surface area (Å²) in [6.45, 7) is 0.295. The van der Waals surface area contributed by atoms with Crippen LogP contribution in [-0.2, 0) is 6.54 Å². The highest BCUT2D eigenvalue weighted by atomic mass is 19.1. The molecule has 1 amide bonds. The first-order valence-corrected chi connectivity index (χ1v) is 8.05. The van der Waals surface area contributed by atoms with Gasteiger partial charge in [-0.2, -0.15) is 4.98 Å². The minimum atomic E-state index is -1.23. The van der Waals surface area contributed by atoms with Gasteiger partial charge in [0.15, 0.2) is 5.58 Å². The number of pyridine rings is 1. The van der Waals surface area contributed by atoms with Crippen LogP contribution in [0.5, 0.6) is 5.75 Å². The molecule has 0 aliphatic rings. The highest BCUT2D eigenvalue weighted by molar-refractivity contribution is 5.76. The molecule has 0 fully saturated rings. The molecule has 0 saturated heterocycles. The maximum atomic E-state index is 12.8. The van der Waals surface area contributed by atoms with Gasteiger partial charge in [0, 0.05) is 37.1 Å². The summed E-state index contributed by atoms with van der Waals surface area (Å²) in [6, 6.07) is 9.18. The van der Waals surface area contributed by atoms with Crippen molar-refractivity contribution in [2.24, 2.45) is 0 Å². The Morgan fingerprint density at radius 3 is 2.85 bits per heavy atom. The van der Waals surface area contributed by atoms with Crippen LogP contribution in [0.2, 0.25) is 0 Å². The summed E-state index contributed by atoms with van der Waals surface area (Å²) in [4.78, 5) is 18.7. The summed E-state index contributed by atoms with van der Waals surface area (Å²) in [5.41, 5.74) is 2.36. The Morgan fingerprint density at radius 1 is 1.30 bits per heavy atom. The Bertz CT molecular complexity index is 943. The molecule has 0 atom stereocenters. The van der Waals surface area contributed by atoms with Gasteiger partial charge in [-0.25, -0.2) is 9.18 Å². The van der Waals surface area contributed by atoms with E-state index in [2.05, 4.69) is 20.6 Å². The van der Waals surface area contributed by atoms with Crippen LogP contribution in [0.1, 0.15) is 5.56 Å². The number of amides is 1. The lowest BCUT2D eigenvalue weighted by molar-refractivity contribution is 0.195. The van der Waals surface area contributed by atoms with Crippen molar-refractivity contribution >= 4 is 23.2 Å². The summed E-state index contributed by atoms with van der Waals surface area (Å²) in [5.74, 6) is 0.453. The molecular formula is C18H17FN4O4. The largest absolute Gasteiger partial charge is 0.489 e. The van der Waals surface area contributed by atoms with E-state index in [9.17, 15) is 9.18 Å². The molecule has 140 valence electrons. The van der Waals surface area contributed by atoms with Crippen LogP contribution >= 0.6 is 0 Å². The quantitative estimate of drug-likeness (QED) is 0.556.